The van der Waals surface area contributed by atoms with Gasteiger partial charge in [0.15, 0.2) is 0 Å². The zero-order valence-electron chi connectivity index (χ0n) is 14.4. The summed E-state index contributed by atoms with van der Waals surface area (Å²) in [6, 6.07) is 15.3. The van der Waals surface area contributed by atoms with Crippen molar-refractivity contribution in [3.8, 4) is 5.75 Å². The van der Waals surface area contributed by atoms with Crippen molar-refractivity contribution < 1.29 is 9.53 Å². The Balaban J connectivity index is 1.72. The first-order valence-corrected chi connectivity index (χ1v) is 8.97. The molecule has 0 saturated carbocycles. The highest BCUT2D eigenvalue weighted by Gasteiger charge is 2.24. The fourth-order valence-corrected chi connectivity index (χ4v) is 3.45. The third-order valence-corrected chi connectivity index (χ3v) is 4.86. The Morgan fingerprint density at radius 1 is 1.20 bits per heavy atom. The van der Waals surface area contributed by atoms with Crippen molar-refractivity contribution >= 4 is 17.5 Å². The number of nitrogens with one attached hydrogen (secondary N) is 1. The Labute approximate surface area is 153 Å². The summed E-state index contributed by atoms with van der Waals surface area (Å²) in [6.45, 7) is 2.69. The number of likely N-dealkylation sites (tertiary alicyclic amines) is 1. The Morgan fingerprint density at radius 2 is 1.92 bits per heavy atom. The molecule has 1 saturated heterocycles. The zero-order valence-corrected chi connectivity index (χ0v) is 15.1. The van der Waals surface area contributed by atoms with Gasteiger partial charge in [0.1, 0.15) is 5.75 Å². The van der Waals surface area contributed by atoms with Gasteiger partial charge >= 0.3 is 0 Å². The first-order valence-electron chi connectivity index (χ1n) is 8.59. The van der Waals surface area contributed by atoms with Crippen molar-refractivity contribution in [3.05, 3.63) is 64.7 Å². The smallest absolute Gasteiger partial charge is 0.251 e. The van der Waals surface area contributed by atoms with E-state index >= 15 is 0 Å². The van der Waals surface area contributed by atoms with Crippen molar-refractivity contribution in [2.75, 3.05) is 26.7 Å². The first kappa shape index (κ1) is 17.8. The van der Waals surface area contributed by atoms with Gasteiger partial charge in [-0.1, -0.05) is 29.8 Å². The number of nitrogens with zero attached hydrogens (tertiary/aromatic N) is 1. The maximum absolute atomic E-state index is 12.4. The van der Waals surface area contributed by atoms with Gasteiger partial charge in [-0.15, -0.1) is 0 Å². The third-order valence-electron chi connectivity index (χ3n) is 4.62. The number of benzene rings is 2. The molecule has 0 radical (unpaired) electrons. The highest BCUT2D eigenvalue weighted by atomic mass is 35.5. The molecule has 0 unspecified atom stereocenters. The van der Waals surface area contributed by atoms with Crippen LogP contribution in [0.15, 0.2) is 48.5 Å². The van der Waals surface area contributed by atoms with Crippen LogP contribution in [0.1, 0.15) is 34.8 Å². The molecule has 0 aliphatic carbocycles. The lowest BCUT2D eigenvalue weighted by Crippen LogP contribution is -2.36. The van der Waals surface area contributed by atoms with E-state index in [4.69, 9.17) is 16.3 Å². The van der Waals surface area contributed by atoms with Crippen LogP contribution in [0.2, 0.25) is 5.02 Å². The van der Waals surface area contributed by atoms with E-state index in [0.29, 0.717) is 17.1 Å². The second-order valence-electron chi connectivity index (χ2n) is 6.25. The molecule has 0 aromatic heterocycles. The Bertz CT molecular complexity index is 712. The fraction of sp³-hybridized carbons (Fsp3) is 0.350. The molecule has 2 aromatic rings. The molecule has 0 bridgehead atoms. The average molecular weight is 359 g/mol. The van der Waals surface area contributed by atoms with Crippen molar-refractivity contribution in [2.45, 2.75) is 18.9 Å². The normalized spacial score (nSPS) is 15.8. The maximum atomic E-state index is 12.4. The molecule has 3 rings (SSSR count). The summed E-state index contributed by atoms with van der Waals surface area (Å²) >= 11 is 5.98. The lowest BCUT2D eigenvalue weighted by Gasteiger charge is -2.28. The van der Waals surface area contributed by atoms with E-state index in [-0.39, 0.29) is 11.9 Å². The summed E-state index contributed by atoms with van der Waals surface area (Å²) in [4.78, 5) is 14.9. The number of halogens is 1. The molecule has 1 atom stereocenters. The van der Waals surface area contributed by atoms with E-state index in [1.54, 1.807) is 31.4 Å². The van der Waals surface area contributed by atoms with E-state index in [0.717, 1.165) is 18.8 Å². The zero-order chi connectivity index (χ0) is 17.6. The van der Waals surface area contributed by atoms with Crippen LogP contribution in [0, 0.1) is 0 Å². The van der Waals surface area contributed by atoms with Crippen molar-refractivity contribution in [2.24, 2.45) is 0 Å². The summed E-state index contributed by atoms with van der Waals surface area (Å²) < 4.78 is 5.25. The highest BCUT2D eigenvalue weighted by Crippen LogP contribution is 2.26. The summed E-state index contributed by atoms with van der Waals surface area (Å²) in [5, 5.41) is 3.63. The second kappa shape index (κ2) is 8.37. The molecule has 1 aliphatic heterocycles. The van der Waals surface area contributed by atoms with E-state index in [9.17, 15) is 4.79 Å². The predicted octanol–water partition coefficient (Wildman–Crippen LogP) is 3.92. The molecule has 4 nitrogen and oxygen atoms in total. The van der Waals surface area contributed by atoms with E-state index in [1.165, 1.54) is 18.4 Å². The highest BCUT2D eigenvalue weighted by molar-refractivity contribution is 6.30. The Hall–Kier alpha value is -2.04. The third kappa shape index (κ3) is 4.53. The predicted molar refractivity (Wildman–Crippen MR) is 100 cm³/mol. The van der Waals surface area contributed by atoms with Gasteiger partial charge in [-0.2, -0.15) is 0 Å². The Kier molecular flexibility index (Phi) is 5.95. The summed E-state index contributed by atoms with van der Waals surface area (Å²) in [6.07, 6.45) is 2.41. The number of hydrogen-bond acceptors (Lipinski definition) is 3. The van der Waals surface area contributed by atoms with E-state index in [2.05, 4.69) is 22.3 Å². The number of rotatable bonds is 6. The molecule has 1 fully saturated rings. The van der Waals surface area contributed by atoms with Gasteiger partial charge in [0.05, 0.1) is 13.2 Å². The molecule has 25 heavy (non-hydrogen) atoms. The van der Waals surface area contributed by atoms with Crippen LogP contribution in [0.3, 0.4) is 0 Å². The number of amides is 1. The average Bonchev–Trinajstić information content (AvgIpc) is 3.16. The lowest BCUT2D eigenvalue weighted by molar-refractivity contribution is 0.0938. The molecule has 1 amide bonds. The maximum Gasteiger partial charge on any atom is 0.251 e. The number of carbonyl (C=O) groups is 1. The van der Waals surface area contributed by atoms with Crippen LogP contribution in [0.5, 0.6) is 5.75 Å². The largest absolute Gasteiger partial charge is 0.497 e. The molecule has 132 valence electrons. The molecule has 1 N–H and O–H groups in total. The van der Waals surface area contributed by atoms with Crippen molar-refractivity contribution in [1.29, 1.82) is 0 Å². The molecule has 0 spiro atoms. The van der Waals surface area contributed by atoms with Crippen LogP contribution < -0.4 is 10.1 Å². The van der Waals surface area contributed by atoms with Gasteiger partial charge in [-0.3, -0.25) is 9.69 Å². The molecule has 1 aliphatic rings. The number of carbonyl (C=O) groups excluding carboxylic acids is 1. The summed E-state index contributed by atoms with van der Waals surface area (Å²) in [5.41, 5.74) is 1.77. The molecular formula is C20H23ClN2O2. The SMILES string of the molecule is COc1ccc([C@H](CNC(=O)c2cccc(Cl)c2)N2CCCC2)cc1. The first-order chi connectivity index (χ1) is 12.2. The number of methoxy groups -OCH3 is 1. The second-order valence-corrected chi connectivity index (χ2v) is 6.69. The standard InChI is InChI=1S/C20H23ClN2O2/c1-25-18-9-7-15(8-10-18)19(23-11-2-3-12-23)14-22-20(24)16-5-4-6-17(21)13-16/h4-10,13,19H,2-3,11-12,14H2,1H3,(H,22,24)/t19-/m0/s1. The summed E-state index contributed by atoms with van der Waals surface area (Å²) in [5.74, 6) is 0.743. The lowest BCUT2D eigenvalue weighted by atomic mass is 10.0. The molecule has 2 aromatic carbocycles. The quantitative estimate of drug-likeness (QED) is 0.851. The summed E-state index contributed by atoms with van der Waals surface area (Å²) in [7, 11) is 1.66. The minimum atomic E-state index is -0.0970. The van der Waals surface area contributed by atoms with Gasteiger partial charge in [0.2, 0.25) is 0 Å². The van der Waals surface area contributed by atoms with Crippen molar-refractivity contribution in [3.63, 3.8) is 0 Å². The van der Waals surface area contributed by atoms with Crippen molar-refractivity contribution in [1.82, 2.24) is 10.2 Å². The van der Waals surface area contributed by atoms with Crippen LogP contribution >= 0.6 is 11.6 Å². The van der Waals surface area contributed by atoms with Gasteiger partial charge in [0.25, 0.3) is 5.91 Å². The van der Waals surface area contributed by atoms with Gasteiger partial charge in [-0.05, 0) is 61.8 Å². The van der Waals surface area contributed by atoms with E-state index < -0.39 is 0 Å². The van der Waals surface area contributed by atoms with Crippen LogP contribution in [-0.4, -0.2) is 37.6 Å². The Morgan fingerprint density at radius 3 is 2.56 bits per heavy atom. The molecular weight excluding hydrogens is 336 g/mol. The van der Waals surface area contributed by atoms with Crippen LogP contribution in [0.25, 0.3) is 0 Å². The van der Waals surface area contributed by atoms with Crippen LogP contribution in [0.4, 0.5) is 0 Å². The molecule has 1 heterocycles. The van der Waals surface area contributed by atoms with Gasteiger partial charge < -0.3 is 10.1 Å². The molecule has 5 heteroatoms. The minimum absolute atomic E-state index is 0.0970. The number of hydrogen-bond donors (Lipinski definition) is 1. The minimum Gasteiger partial charge on any atom is -0.497 e. The topological polar surface area (TPSA) is 41.6 Å². The number of ether oxygens (including phenoxy) is 1. The van der Waals surface area contributed by atoms with E-state index in [1.807, 2.05) is 12.1 Å². The van der Waals surface area contributed by atoms with Crippen LogP contribution in [-0.2, 0) is 0 Å². The fourth-order valence-electron chi connectivity index (χ4n) is 3.26. The van der Waals surface area contributed by atoms with Gasteiger partial charge in [-0.25, -0.2) is 0 Å². The van der Waals surface area contributed by atoms with Gasteiger partial charge in [0, 0.05) is 17.1 Å². The monoisotopic (exact) mass is 358 g/mol.